The summed E-state index contributed by atoms with van der Waals surface area (Å²) in [7, 11) is -1.02. The number of benzene rings is 1. The molecule has 3 saturated carbocycles. The maximum absolute atomic E-state index is 11.8. The lowest BCUT2D eigenvalue weighted by atomic mass is 9.65. The lowest BCUT2D eigenvalue weighted by Gasteiger charge is -2.43. The van der Waals surface area contributed by atoms with Crippen LogP contribution in [0.2, 0.25) is 24.7 Å². The fraction of sp³-hybridized carbons (Fsp3) is 0.743. The number of hydrogen-bond acceptors (Lipinski definition) is 3. The van der Waals surface area contributed by atoms with Crippen LogP contribution in [-0.2, 0) is 16.1 Å². The highest BCUT2D eigenvalue weighted by Gasteiger charge is 2.38. The van der Waals surface area contributed by atoms with Crippen LogP contribution in [0.4, 0.5) is 0 Å². The third-order valence-electron chi connectivity index (χ3n) is 11.3. The van der Waals surface area contributed by atoms with Gasteiger partial charge in [0.1, 0.15) is 12.4 Å². The van der Waals surface area contributed by atoms with Gasteiger partial charge < -0.3 is 9.84 Å². The number of hydrogen-bond donors (Lipinski definition) is 1. The predicted molar refractivity (Wildman–Crippen MR) is 166 cm³/mol. The third kappa shape index (κ3) is 8.02. The molecule has 0 spiro atoms. The molecule has 4 rings (SSSR count). The molecule has 1 aromatic rings. The number of esters is 1. The van der Waals surface area contributed by atoms with E-state index in [-0.39, 0.29) is 12.4 Å². The summed E-state index contributed by atoms with van der Waals surface area (Å²) in [5.41, 5.74) is 3.45. The minimum atomic E-state index is -1.02. The standard InChI is InChI=1S/C35H56O3Si/c1-6-7-22-39(4,5)33-19-16-29(17-20-33)28-10-8-26(9-11-28)27-12-14-30(15-13-27)31-18-21-34(36)32(23-31)24-38-35(37)25(2)3/h18,21,23,26-30,33,36H,2,6-17,19-20,22,24H2,1,3-5H3. The molecule has 0 aliphatic heterocycles. The zero-order valence-corrected chi connectivity index (χ0v) is 26.5. The van der Waals surface area contributed by atoms with Crippen LogP contribution < -0.4 is 0 Å². The van der Waals surface area contributed by atoms with E-state index in [9.17, 15) is 9.90 Å². The molecule has 4 heteroatoms. The van der Waals surface area contributed by atoms with Gasteiger partial charge in [-0.2, -0.15) is 0 Å². The zero-order valence-electron chi connectivity index (χ0n) is 25.5. The van der Waals surface area contributed by atoms with Crippen molar-refractivity contribution in [3.8, 4) is 5.75 Å². The van der Waals surface area contributed by atoms with Crippen LogP contribution in [0.3, 0.4) is 0 Å². The lowest BCUT2D eigenvalue weighted by Crippen LogP contribution is -2.36. The second kappa shape index (κ2) is 13.9. The Hall–Kier alpha value is -1.55. The van der Waals surface area contributed by atoms with Gasteiger partial charge in [0.05, 0.1) is 8.07 Å². The van der Waals surface area contributed by atoms with E-state index < -0.39 is 14.0 Å². The normalized spacial score (nSPS) is 30.1. The Labute approximate surface area is 240 Å². The number of rotatable bonds is 10. The molecule has 0 heterocycles. The first-order valence-electron chi connectivity index (χ1n) is 16.3. The van der Waals surface area contributed by atoms with Crippen molar-refractivity contribution in [3.63, 3.8) is 0 Å². The summed E-state index contributed by atoms with van der Waals surface area (Å²) >= 11 is 0. The van der Waals surface area contributed by atoms with Crippen molar-refractivity contribution in [2.24, 2.45) is 23.7 Å². The van der Waals surface area contributed by atoms with Crippen LogP contribution >= 0.6 is 0 Å². The average molecular weight is 553 g/mol. The molecule has 0 unspecified atom stereocenters. The van der Waals surface area contributed by atoms with E-state index in [2.05, 4.69) is 38.7 Å². The van der Waals surface area contributed by atoms with Crippen molar-refractivity contribution in [2.45, 2.75) is 141 Å². The van der Waals surface area contributed by atoms with Gasteiger partial charge in [0.2, 0.25) is 0 Å². The number of phenolic OH excluding ortho intramolecular Hbond substituents is 1. The summed E-state index contributed by atoms with van der Waals surface area (Å²) in [6.07, 6.45) is 20.0. The molecule has 0 saturated heterocycles. The van der Waals surface area contributed by atoms with E-state index in [0.29, 0.717) is 17.1 Å². The number of ether oxygens (including phenoxy) is 1. The molecule has 39 heavy (non-hydrogen) atoms. The van der Waals surface area contributed by atoms with Crippen molar-refractivity contribution in [3.05, 3.63) is 41.5 Å². The molecule has 0 bridgehead atoms. The highest BCUT2D eigenvalue weighted by Crippen LogP contribution is 2.49. The molecule has 0 aromatic heterocycles. The van der Waals surface area contributed by atoms with Crippen LogP contribution in [0.25, 0.3) is 0 Å². The monoisotopic (exact) mass is 552 g/mol. The number of phenols is 1. The second-order valence-electron chi connectivity index (χ2n) is 14.2. The molecule has 0 atom stereocenters. The van der Waals surface area contributed by atoms with Crippen LogP contribution in [0, 0.1) is 23.7 Å². The second-order valence-corrected chi connectivity index (χ2v) is 19.5. The van der Waals surface area contributed by atoms with Gasteiger partial charge in [-0.3, -0.25) is 0 Å². The molecule has 3 nitrogen and oxygen atoms in total. The predicted octanol–water partition coefficient (Wildman–Crippen LogP) is 10.2. The molecule has 1 N–H and O–H groups in total. The van der Waals surface area contributed by atoms with Gasteiger partial charge in [-0.15, -0.1) is 0 Å². The Morgan fingerprint density at radius 1 is 0.897 bits per heavy atom. The average Bonchev–Trinajstić information content (AvgIpc) is 2.95. The molecule has 0 radical (unpaired) electrons. The van der Waals surface area contributed by atoms with Gasteiger partial charge in [0, 0.05) is 11.1 Å². The van der Waals surface area contributed by atoms with Crippen molar-refractivity contribution in [2.75, 3.05) is 0 Å². The number of aromatic hydroxyl groups is 1. The fourth-order valence-electron chi connectivity index (χ4n) is 8.46. The van der Waals surface area contributed by atoms with Crippen molar-refractivity contribution >= 4 is 14.0 Å². The van der Waals surface area contributed by atoms with E-state index in [1.54, 1.807) is 19.0 Å². The lowest BCUT2D eigenvalue weighted by molar-refractivity contribution is -0.140. The van der Waals surface area contributed by atoms with Crippen LogP contribution in [0.5, 0.6) is 5.75 Å². The highest BCUT2D eigenvalue weighted by molar-refractivity contribution is 6.78. The van der Waals surface area contributed by atoms with Crippen molar-refractivity contribution in [1.29, 1.82) is 0 Å². The number of carbonyl (C=O) groups is 1. The van der Waals surface area contributed by atoms with Crippen molar-refractivity contribution in [1.82, 2.24) is 0 Å². The van der Waals surface area contributed by atoms with Gasteiger partial charge in [0.15, 0.2) is 0 Å². The SMILES string of the molecule is C=C(C)C(=O)OCc1cc(C2CCC(C3CCC(C4CCC([Si](C)(C)CCCC)CC4)CC3)CC2)ccc1O. The van der Waals surface area contributed by atoms with Crippen LogP contribution in [0.15, 0.2) is 30.4 Å². The molecule has 3 aliphatic rings. The first-order chi connectivity index (χ1) is 18.7. The minimum Gasteiger partial charge on any atom is -0.508 e. The Morgan fingerprint density at radius 2 is 1.41 bits per heavy atom. The topological polar surface area (TPSA) is 46.5 Å². The molecule has 3 aliphatic carbocycles. The number of unbranched alkanes of at least 4 members (excludes halogenated alkanes) is 1. The van der Waals surface area contributed by atoms with Crippen LogP contribution in [-0.4, -0.2) is 19.1 Å². The smallest absolute Gasteiger partial charge is 0.333 e. The summed E-state index contributed by atoms with van der Waals surface area (Å²) in [5, 5.41) is 10.3. The van der Waals surface area contributed by atoms with Gasteiger partial charge in [-0.1, -0.05) is 77.2 Å². The van der Waals surface area contributed by atoms with Crippen molar-refractivity contribution < 1.29 is 14.6 Å². The largest absolute Gasteiger partial charge is 0.508 e. The first-order valence-corrected chi connectivity index (χ1v) is 19.6. The summed E-state index contributed by atoms with van der Waals surface area (Å²) < 4.78 is 5.30. The Morgan fingerprint density at radius 3 is 1.92 bits per heavy atom. The summed E-state index contributed by atoms with van der Waals surface area (Å²) in [4.78, 5) is 11.8. The summed E-state index contributed by atoms with van der Waals surface area (Å²) in [5.74, 6) is 4.21. The Balaban J connectivity index is 1.20. The van der Waals surface area contributed by atoms with E-state index in [4.69, 9.17) is 4.74 Å². The van der Waals surface area contributed by atoms with Gasteiger partial charge in [0.25, 0.3) is 0 Å². The maximum Gasteiger partial charge on any atom is 0.333 e. The summed E-state index contributed by atoms with van der Waals surface area (Å²) in [6, 6.07) is 7.44. The molecular weight excluding hydrogens is 496 g/mol. The Kier molecular flexibility index (Phi) is 10.8. The molecule has 1 aromatic carbocycles. The maximum atomic E-state index is 11.8. The zero-order chi connectivity index (χ0) is 28.0. The molecule has 0 amide bonds. The highest BCUT2D eigenvalue weighted by atomic mass is 28.3. The summed E-state index contributed by atoms with van der Waals surface area (Å²) in [6.45, 7) is 13.1. The fourth-order valence-corrected chi connectivity index (χ4v) is 12.0. The Bertz CT molecular complexity index is 945. The van der Waals surface area contributed by atoms with Gasteiger partial charge >= 0.3 is 5.97 Å². The van der Waals surface area contributed by atoms with E-state index in [0.717, 1.165) is 29.2 Å². The van der Waals surface area contributed by atoms with E-state index in [1.165, 1.54) is 95.5 Å². The third-order valence-corrected chi connectivity index (χ3v) is 15.7. The molecule has 218 valence electrons. The molecular formula is C35H56O3Si. The van der Waals surface area contributed by atoms with Gasteiger partial charge in [-0.05, 0) is 111 Å². The van der Waals surface area contributed by atoms with Gasteiger partial charge in [-0.25, -0.2) is 4.79 Å². The quantitative estimate of drug-likeness (QED) is 0.178. The van der Waals surface area contributed by atoms with E-state index >= 15 is 0 Å². The minimum absolute atomic E-state index is 0.101. The first kappa shape index (κ1) is 30.4. The van der Waals surface area contributed by atoms with Crippen LogP contribution in [0.1, 0.15) is 121 Å². The van der Waals surface area contributed by atoms with E-state index in [1.807, 2.05) is 0 Å². The number of carbonyl (C=O) groups excluding carboxylic acids is 1. The molecule has 3 fully saturated rings.